The van der Waals surface area contributed by atoms with Crippen molar-refractivity contribution in [3.8, 4) is 11.5 Å². The van der Waals surface area contributed by atoms with Crippen LogP contribution in [0.3, 0.4) is 0 Å². The lowest BCUT2D eigenvalue weighted by molar-refractivity contribution is -0.116. The molecular formula is C18H20Cl2N2O5S. The highest BCUT2D eigenvalue weighted by Crippen LogP contribution is 2.33. The molecule has 152 valence electrons. The minimum absolute atomic E-state index is 0.261. The van der Waals surface area contributed by atoms with Crippen molar-refractivity contribution >= 4 is 50.5 Å². The molecule has 7 nitrogen and oxygen atoms in total. The number of carbonyl (C=O) groups excluding carboxylic acids is 1. The first kappa shape index (κ1) is 22.1. The zero-order valence-corrected chi connectivity index (χ0v) is 18.0. The van der Waals surface area contributed by atoms with Crippen LogP contribution in [-0.2, 0) is 14.8 Å². The number of ether oxygens (including phenoxy) is 2. The van der Waals surface area contributed by atoms with Gasteiger partial charge in [0, 0.05) is 11.8 Å². The predicted molar refractivity (Wildman–Crippen MR) is 111 cm³/mol. The van der Waals surface area contributed by atoms with Gasteiger partial charge in [-0.15, -0.1) is 0 Å². The van der Waals surface area contributed by atoms with E-state index in [0.29, 0.717) is 22.2 Å². The minimum Gasteiger partial charge on any atom is -0.493 e. The molecule has 0 spiro atoms. The molecule has 1 unspecified atom stereocenters. The van der Waals surface area contributed by atoms with E-state index >= 15 is 0 Å². The smallest absolute Gasteiger partial charge is 0.247 e. The summed E-state index contributed by atoms with van der Waals surface area (Å²) in [5.74, 6) is 0.233. The molecule has 0 fully saturated rings. The van der Waals surface area contributed by atoms with Crippen molar-refractivity contribution in [1.82, 2.24) is 0 Å². The van der Waals surface area contributed by atoms with E-state index in [0.717, 1.165) is 10.6 Å². The molecule has 1 atom stereocenters. The molecule has 0 aromatic heterocycles. The molecule has 0 aliphatic carbocycles. The number of hydrogen-bond donors (Lipinski definition) is 1. The Morgan fingerprint density at radius 2 is 1.68 bits per heavy atom. The average Bonchev–Trinajstić information content (AvgIpc) is 2.63. The van der Waals surface area contributed by atoms with Gasteiger partial charge >= 0.3 is 0 Å². The van der Waals surface area contributed by atoms with E-state index < -0.39 is 22.0 Å². The summed E-state index contributed by atoms with van der Waals surface area (Å²) in [4.78, 5) is 12.7. The lowest BCUT2D eigenvalue weighted by Crippen LogP contribution is -2.45. The minimum atomic E-state index is -3.78. The van der Waals surface area contributed by atoms with Crippen LogP contribution in [0.1, 0.15) is 6.92 Å². The van der Waals surface area contributed by atoms with Gasteiger partial charge in [-0.25, -0.2) is 8.42 Å². The molecule has 2 rings (SSSR count). The van der Waals surface area contributed by atoms with Gasteiger partial charge in [0.05, 0.1) is 36.2 Å². The van der Waals surface area contributed by atoms with Crippen LogP contribution in [0.4, 0.5) is 11.4 Å². The van der Waals surface area contributed by atoms with Gasteiger partial charge in [-0.2, -0.15) is 0 Å². The second-order valence-corrected chi connectivity index (χ2v) is 8.57. The van der Waals surface area contributed by atoms with Gasteiger partial charge in [-0.05, 0) is 37.3 Å². The Morgan fingerprint density at radius 1 is 1.04 bits per heavy atom. The van der Waals surface area contributed by atoms with Crippen LogP contribution in [0, 0.1) is 0 Å². The molecule has 0 saturated carbocycles. The van der Waals surface area contributed by atoms with Gasteiger partial charge in [0.25, 0.3) is 0 Å². The SMILES string of the molecule is COc1ccc(N(C(C)C(=O)Nc2ccc(Cl)c(Cl)c2)S(C)(=O)=O)cc1OC. The van der Waals surface area contributed by atoms with E-state index in [1.165, 1.54) is 45.4 Å². The van der Waals surface area contributed by atoms with Gasteiger partial charge in [0.2, 0.25) is 15.9 Å². The lowest BCUT2D eigenvalue weighted by atomic mass is 10.2. The van der Waals surface area contributed by atoms with Gasteiger partial charge < -0.3 is 14.8 Å². The zero-order chi connectivity index (χ0) is 21.1. The largest absolute Gasteiger partial charge is 0.493 e. The van der Waals surface area contributed by atoms with Crippen LogP contribution in [-0.4, -0.2) is 40.8 Å². The van der Waals surface area contributed by atoms with Gasteiger partial charge in [-0.3, -0.25) is 9.10 Å². The molecule has 0 radical (unpaired) electrons. The van der Waals surface area contributed by atoms with Crippen molar-refractivity contribution in [2.24, 2.45) is 0 Å². The Hall–Kier alpha value is -2.16. The number of amides is 1. The Bertz CT molecular complexity index is 982. The third-order valence-corrected chi connectivity index (χ3v) is 5.88. The van der Waals surface area contributed by atoms with Gasteiger partial charge in [0.15, 0.2) is 11.5 Å². The third-order valence-electron chi connectivity index (χ3n) is 3.90. The summed E-state index contributed by atoms with van der Waals surface area (Å²) in [6, 6.07) is 8.12. The standard InChI is InChI=1S/C18H20Cl2N2O5S/c1-11(18(23)21-12-5-7-14(19)15(20)9-12)22(28(4,24)25)13-6-8-16(26-2)17(10-13)27-3/h5-11H,1-4H3,(H,21,23). The Balaban J connectivity index is 2.37. The fourth-order valence-corrected chi connectivity index (χ4v) is 4.06. The normalized spacial score (nSPS) is 12.2. The first-order chi connectivity index (χ1) is 13.1. The maximum atomic E-state index is 12.7. The third kappa shape index (κ3) is 5.01. The van der Waals surface area contributed by atoms with Crippen molar-refractivity contribution < 1.29 is 22.7 Å². The highest BCUT2D eigenvalue weighted by molar-refractivity contribution is 7.92. The maximum absolute atomic E-state index is 12.7. The van der Waals surface area contributed by atoms with Gasteiger partial charge in [-0.1, -0.05) is 23.2 Å². The van der Waals surface area contributed by atoms with Crippen molar-refractivity contribution in [2.75, 3.05) is 30.1 Å². The molecule has 2 aromatic rings. The maximum Gasteiger partial charge on any atom is 0.247 e. The molecule has 28 heavy (non-hydrogen) atoms. The number of hydrogen-bond acceptors (Lipinski definition) is 5. The van der Waals surface area contributed by atoms with E-state index in [1.54, 1.807) is 12.1 Å². The number of anilines is 2. The number of rotatable bonds is 7. The van der Waals surface area contributed by atoms with Crippen molar-refractivity contribution in [3.63, 3.8) is 0 Å². The monoisotopic (exact) mass is 446 g/mol. The number of halogens is 2. The quantitative estimate of drug-likeness (QED) is 0.698. The summed E-state index contributed by atoms with van der Waals surface area (Å²) < 4.78 is 36.2. The number of methoxy groups -OCH3 is 2. The molecule has 0 heterocycles. The fraction of sp³-hybridized carbons (Fsp3) is 0.278. The average molecular weight is 447 g/mol. The van der Waals surface area contributed by atoms with Crippen LogP contribution in [0.5, 0.6) is 11.5 Å². The highest BCUT2D eigenvalue weighted by atomic mass is 35.5. The van der Waals surface area contributed by atoms with Crippen LogP contribution >= 0.6 is 23.2 Å². The number of nitrogens with one attached hydrogen (secondary N) is 1. The summed E-state index contributed by atoms with van der Waals surface area (Å²) in [5.41, 5.74) is 0.656. The molecule has 0 aliphatic heterocycles. The molecule has 0 bridgehead atoms. The molecule has 1 N–H and O–H groups in total. The van der Waals surface area contributed by atoms with Crippen LogP contribution in [0.15, 0.2) is 36.4 Å². The highest BCUT2D eigenvalue weighted by Gasteiger charge is 2.30. The Morgan fingerprint density at radius 3 is 2.21 bits per heavy atom. The second-order valence-electron chi connectivity index (χ2n) is 5.89. The first-order valence-corrected chi connectivity index (χ1v) is 10.7. The summed E-state index contributed by atoms with van der Waals surface area (Å²) >= 11 is 11.8. The van der Waals surface area contributed by atoms with E-state index in [1.807, 2.05) is 0 Å². The molecular weight excluding hydrogens is 427 g/mol. The zero-order valence-electron chi connectivity index (χ0n) is 15.7. The van der Waals surface area contributed by atoms with E-state index in [-0.39, 0.29) is 10.7 Å². The first-order valence-electron chi connectivity index (χ1n) is 8.05. The van der Waals surface area contributed by atoms with Crippen molar-refractivity contribution in [3.05, 3.63) is 46.4 Å². The second kappa shape index (κ2) is 8.89. The molecule has 0 saturated heterocycles. The topological polar surface area (TPSA) is 84.9 Å². The number of benzene rings is 2. The summed E-state index contributed by atoms with van der Waals surface area (Å²) in [6.45, 7) is 1.48. The summed E-state index contributed by atoms with van der Waals surface area (Å²) in [5, 5.41) is 3.25. The lowest BCUT2D eigenvalue weighted by Gasteiger charge is -2.28. The van der Waals surface area contributed by atoms with Crippen molar-refractivity contribution in [1.29, 1.82) is 0 Å². The van der Waals surface area contributed by atoms with Crippen LogP contribution in [0.2, 0.25) is 10.0 Å². The number of carbonyl (C=O) groups is 1. The Labute approximate surface area is 174 Å². The number of sulfonamides is 1. The summed E-state index contributed by atoms with van der Waals surface area (Å²) in [7, 11) is -0.876. The van der Waals surface area contributed by atoms with Gasteiger partial charge in [0.1, 0.15) is 6.04 Å². The predicted octanol–water partition coefficient (Wildman–Crippen LogP) is 3.80. The molecule has 0 aliphatic rings. The van der Waals surface area contributed by atoms with Crippen LogP contribution < -0.4 is 19.1 Å². The fourth-order valence-electron chi connectivity index (χ4n) is 2.59. The van der Waals surface area contributed by atoms with Crippen LogP contribution in [0.25, 0.3) is 0 Å². The van der Waals surface area contributed by atoms with E-state index in [9.17, 15) is 13.2 Å². The van der Waals surface area contributed by atoms with Crippen molar-refractivity contribution in [2.45, 2.75) is 13.0 Å². The van der Waals surface area contributed by atoms with E-state index in [2.05, 4.69) is 5.32 Å². The van der Waals surface area contributed by atoms with E-state index in [4.69, 9.17) is 32.7 Å². The molecule has 1 amide bonds. The number of nitrogens with zero attached hydrogens (tertiary/aromatic N) is 1. The summed E-state index contributed by atoms with van der Waals surface area (Å²) in [6.07, 6.45) is 1.02. The Kier molecular flexibility index (Phi) is 7.03. The molecule has 10 heteroatoms. The molecule has 2 aromatic carbocycles.